The van der Waals surface area contributed by atoms with Crippen molar-refractivity contribution < 1.29 is 14.3 Å². The van der Waals surface area contributed by atoms with Crippen molar-refractivity contribution in [1.29, 1.82) is 0 Å². The van der Waals surface area contributed by atoms with Gasteiger partial charge in [-0.25, -0.2) is 0 Å². The Bertz CT molecular complexity index is 644. The molecule has 0 amide bonds. The molecular weight excluding hydrogens is 288 g/mol. The van der Waals surface area contributed by atoms with Crippen LogP contribution in [0.25, 0.3) is 0 Å². The van der Waals surface area contributed by atoms with Gasteiger partial charge in [0.05, 0.1) is 12.5 Å². The fourth-order valence-electron chi connectivity index (χ4n) is 2.54. The summed E-state index contributed by atoms with van der Waals surface area (Å²) in [5.74, 6) is -0.310. The Morgan fingerprint density at radius 2 is 1.48 bits per heavy atom. The summed E-state index contributed by atoms with van der Waals surface area (Å²) in [5.41, 5.74) is 2.18. The van der Waals surface area contributed by atoms with Crippen LogP contribution in [0.4, 0.5) is 0 Å². The third kappa shape index (κ3) is 4.60. The molecule has 0 saturated carbocycles. The van der Waals surface area contributed by atoms with Gasteiger partial charge in [0.25, 0.3) is 0 Å². The fraction of sp³-hybridized carbons (Fsp3) is 0.300. The third-order valence-corrected chi connectivity index (χ3v) is 3.86. The van der Waals surface area contributed by atoms with Gasteiger partial charge in [0.2, 0.25) is 0 Å². The Labute approximate surface area is 137 Å². The zero-order chi connectivity index (χ0) is 16.7. The first-order valence-corrected chi connectivity index (χ1v) is 7.90. The summed E-state index contributed by atoms with van der Waals surface area (Å²) < 4.78 is 5.46. The van der Waals surface area contributed by atoms with Gasteiger partial charge in [-0.3, -0.25) is 9.59 Å². The second kappa shape index (κ2) is 8.39. The highest BCUT2D eigenvalue weighted by molar-refractivity contribution is 6.13. The molecule has 0 heterocycles. The summed E-state index contributed by atoms with van der Waals surface area (Å²) in [5, 5.41) is 0. The summed E-state index contributed by atoms with van der Waals surface area (Å²) in [4.78, 5) is 24.3. The lowest BCUT2D eigenvalue weighted by Crippen LogP contribution is -2.09. The molecule has 3 nitrogen and oxygen atoms in total. The maximum Gasteiger partial charge on any atom is 0.170 e. The number of ketones is 2. The molecule has 2 rings (SSSR count). The lowest BCUT2D eigenvalue weighted by Gasteiger charge is -2.15. The molecule has 3 heteroatoms. The molecule has 0 fully saturated rings. The largest absolute Gasteiger partial charge is 0.377 e. The van der Waals surface area contributed by atoms with Crippen LogP contribution in [-0.4, -0.2) is 18.7 Å². The van der Waals surface area contributed by atoms with Gasteiger partial charge in [0.1, 0.15) is 0 Å². The van der Waals surface area contributed by atoms with Crippen molar-refractivity contribution in [2.24, 2.45) is 0 Å². The number of hydrogen-bond donors (Lipinski definition) is 0. The molecule has 120 valence electrons. The van der Waals surface area contributed by atoms with E-state index in [1.165, 1.54) is 0 Å². The van der Waals surface area contributed by atoms with E-state index in [1.807, 2.05) is 18.2 Å². The maximum absolute atomic E-state index is 12.3. The number of rotatable bonds is 8. The Morgan fingerprint density at radius 1 is 0.913 bits per heavy atom. The lowest BCUT2D eigenvalue weighted by atomic mass is 9.98. The monoisotopic (exact) mass is 310 g/mol. The molecule has 0 saturated heterocycles. The average Bonchev–Trinajstić information content (AvgIpc) is 2.60. The third-order valence-electron chi connectivity index (χ3n) is 3.86. The molecule has 0 aliphatic carbocycles. The van der Waals surface area contributed by atoms with E-state index in [2.05, 4.69) is 6.92 Å². The van der Waals surface area contributed by atoms with Gasteiger partial charge >= 0.3 is 0 Å². The Hall–Kier alpha value is -2.26. The predicted octanol–water partition coefficient (Wildman–Crippen LogP) is 4.63. The van der Waals surface area contributed by atoms with Crippen LogP contribution in [0.5, 0.6) is 0 Å². The molecule has 0 aromatic heterocycles. The molecule has 0 radical (unpaired) electrons. The summed E-state index contributed by atoms with van der Waals surface area (Å²) >= 11 is 0. The first-order chi connectivity index (χ1) is 11.2. The van der Waals surface area contributed by atoms with Crippen molar-refractivity contribution in [2.75, 3.05) is 7.11 Å². The summed E-state index contributed by atoms with van der Waals surface area (Å²) in [6, 6.07) is 16.3. The minimum absolute atomic E-state index is 0.0510. The van der Waals surface area contributed by atoms with Gasteiger partial charge in [0.15, 0.2) is 11.6 Å². The smallest absolute Gasteiger partial charge is 0.170 e. The number of benzene rings is 2. The molecule has 23 heavy (non-hydrogen) atoms. The van der Waals surface area contributed by atoms with Crippen LogP contribution < -0.4 is 0 Å². The SMILES string of the molecule is CCCC(OC)c1ccc(C(=O)CC(=O)c2ccccc2)cc1. The number of methoxy groups -OCH3 is 1. The summed E-state index contributed by atoms with van der Waals surface area (Å²) in [6.07, 6.45) is 1.92. The van der Waals surface area contributed by atoms with Gasteiger partial charge in [-0.2, -0.15) is 0 Å². The van der Waals surface area contributed by atoms with Crippen LogP contribution in [0, 0.1) is 0 Å². The minimum Gasteiger partial charge on any atom is -0.377 e. The van der Waals surface area contributed by atoms with Crippen LogP contribution in [0.15, 0.2) is 54.6 Å². The number of Topliss-reactive ketones (excluding diaryl/α,β-unsaturated/α-hetero) is 2. The van der Waals surface area contributed by atoms with Gasteiger partial charge in [-0.15, -0.1) is 0 Å². The van der Waals surface area contributed by atoms with Crippen LogP contribution in [-0.2, 0) is 4.74 Å². The molecule has 1 unspecified atom stereocenters. The number of carbonyl (C=O) groups is 2. The predicted molar refractivity (Wildman–Crippen MR) is 90.8 cm³/mol. The van der Waals surface area contributed by atoms with Crippen molar-refractivity contribution in [3.8, 4) is 0 Å². The Balaban J connectivity index is 2.04. The number of carbonyl (C=O) groups excluding carboxylic acids is 2. The van der Waals surface area contributed by atoms with Gasteiger partial charge in [-0.1, -0.05) is 67.9 Å². The van der Waals surface area contributed by atoms with Crippen molar-refractivity contribution in [3.05, 3.63) is 71.3 Å². The normalized spacial score (nSPS) is 11.9. The van der Waals surface area contributed by atoms with E-state index in [0.717, 1.165) is 18.4 Å². The molecule has 0 N–H and O–H groups in total. The van der Waals surface area contributed by atoms with E-state index in [-0.39, 0.29) is 24.1 Å². The highest BCUT2D eigenvalue weighted by Crippen LogP contribution is 2.22. The zero-order valence-corrected chi connectivity index (χ0v) is 13.6. The van der Waals surface area contributed by atoms with Crippen molar-refractivity contribution in [1.82, 2.24) is 0 Å². The van der Waals surface area contributed by atoms with Crippen LogP contribution in [0.1, 0.15) is 58.6 Å². The topological polar surface area (TPSA) is 43.4 Å². The van der Waals surface area contributed by atoms with E-state index in [4.69, 9.17) is 4.74 Å². The Kier molecular flexibility index (Phi) is 6.24. The van der Waals surface area contributed by atoms with E-state index in [1.54, 1.807) is 43.5 Å². The van der Waals surface area contributed by atoms with Crippen LogP contribution >= 0.6 is 0 Å². The average molecular weight is 310 g/mol. The molecule has 1 atom stereocenters. The van der Waals surface area contributed by atoms with E-state index in [9.17, 15) is 9.59 Å². The van der Waals surface area contributed by atoms with E-state index < -0.39 is 0 Å². The van der Waals surface area contributed by atoms with Crippen molar-refractivity contribution >= 4 is 11.6 Å². The van der Waals surface area contributed by atoms with Gasteiger partial charge < -0.3 is 4.74 Å². The van der Waals surface area contributed by atoms with Crippen LogP contribution in [0.3, 0.4) is 0 Å². The van der Waals surface area contributed by atoms with Crippen LogP contribution in [0.2, 0.25) is 0 Å². The van der Waals surface area contributed by atoms with E-state index in [0.29, 0.717) is 11.1 Å². The molecule has 0 aliphatic heterocycles. The standard InChI is InChI=1S/C20H22O3/c1-3-7-20(23-2)17-12-10-16(11-13-17)19(22)14-18(21)15-8-5-4-6-9-15/h4-6,8-13,20H,3,7,14H2,1-2H3. The molecular formula is C20H22O3. The zero-order valence-electron chi connectivity index (χ0n) is 13.6. The number of hydrogen-bond acceptors (Lipinski definition) is 3. The molecule has 0 spiro atoms. The van der Waals surface area contributed by atoms with Crippen molar-refractivity contribution in [2.45, 2.75) is 32.3 Å². The molecule has 2 aromatic rings. The Morgan fingerprint density at radius 3 is 2.00 bits per heavy atom. The highest BCUT2D eigenvalue weighted by Gasteiger charge is 2.15. The summed E-state index contributed by atoms with van der Waals surface area (Å²) in [7, 11) is 1.69. The molecule has 2 aromatic carbocycles. The first kappa shape index (κ1) is 17.1. The lowest BCUT2D eigenvalue weighted by molar-refractivity contribution is 0.0892. The maximum atomic E-state index is 12.3. The number of ether oxygens (including phenoxy) is 1. The van der Waals surface area contributed by atoms with Gasteiger partial charge in [-0.05, 0) is 12.0 Å². The first-order valence-electron chi connectivity index (χ1n) is 7.90. The second-order valence-electron chi connectivity index (χ2n) is 5.52. The second-order valence-corrected chi connectivity index (χ2v) is 5.52. The fourth-order valence-corrected chi connectivity index (χ4v) is 2.54. The minimum atomic E-state index is -0.158. The highest BCUT2D eigenvalue weighted by atomic mass is 16.5. The van der Waals surface area contributed by atoms with Crippen molar-refractivity contribution in [3.63, 3.8) is 0 Å². The quantitative estimate of drug-likeness (QED) is 0.527. The molecule has 0 aliphatic rings. The summed E-state index contributed by atoms with van der Waals surface area (Å²) in [6.45, 7) is 2.11. The van der Waals surface area contributed by atoms with Gasteiger partial charge in [0, 0.05) is 18.2 Å². The van der Waals surface area contributed by atoms with E-state index >= 15 is 0 Å². The molecule has 0 bridgehead atoms.